The smallest absolute Gasteiger partial charge is 0.258 e. The van der Waals surface area contributed by atoms with E-state index in [2.05, 4.69) is 10.4 Å². The van der Waals surface area contributed by atoms with Crippen LogP contribution in [0.2, 0.25) is 0 Å². The molecule has 7 heteroatoms. The molecule has 0 spiro atoms. The van der Waals surface area contributed by atoms with E-state index in [-0.39, 0.29) is 11.8 Å². The maximum atomic E-state index is 12.7. The summed E-state index contributed by atoms with van der Waals surface area (Å²) in [5.74, 6) is 0.805. The molecule has 0 bridgehead atoms. The third kappa shape index (κ3) is 3.31. The number of thioether (sulfide) groups is 1. The highest BCUT2D eigenvalue weighted by Crippen LogP contribution is 2.25. The summed E-state index contributed by atoms with van der Waals surface area (Å²) >= 11 is 1.58. The van der Waals surface area contributed by atoms with Crippen molar-refractivity contribution in [3.05, 3.63) is 47.3 Å². The van der Waals surface area contributed by atoms with Crippen molar-refractivity contribution in [3.63, 3.8) is 0 Å². The number of nitrogens with zero attached hydrogens (tertiary/aromatic N) is 3. The normalized spacial score (nSPS) is 17.1. The van der Waals surface area contributed by atoms with Gasteiger partial charge in [0.2, 0.25) is 5.91 Å². The molecule has 0 aliphatic carbocycles. The molecule has 1 atom stereocenters. The molecule has 1 aliphatic rings. The minimum Gasteiger partial charge on any atom is -0.324 e. The maximum absolute atomic E-state index is 12.7. The number of aryl methyl sites for hydroxylation is 3. The molecular weight excluding hydrogens is 324 g/mol. The number of hydrogen-bond acceptors (Lipinski definition) is 4. The van der Waals surface area contributed by atoms with Crippen LogP contribution in [0.15, 0.2) is 30.6 Å². The third-order valence-electron chi connectivity index (χ3n) is 4.04. The molecule has 126 valence electrons. The first-order valence-corrected chi connectivity index (χ1v) is 8.86. The van der Waals surface area contributed by atoms with Gasteiger partial charge in [0, 0.05) is 24.7 Å². The van der Waals surface area contributed by atoms with Gasteiger partial charge in [-0.15, -0.1) is 11.8 Å². The first-order chi connectivity index (χ1) is 11.5. The average Bonchev–Trinajstić information content (AvgIpc) is 3.18. The van der Waals surface area contributed by atoms with Crippen molar-refractivity contribution < 1.29 is 9.59 Å². The molecule has 1 saturated heterocycles. The van der Waals surface area contributed by atoms with Crippen LogP contribution >= 0.6 is 11.8 Å². The van der Waals surface area contributed by atoms with Crippen LogP contribution in [0.5, 0.6) is 0 Å². The number of benzene rings is 1. The van der Waals surface area contributed by atoms with Crippen LogP contribution in [-0.2, 0) is 11.8 Å². The Labute approximate surface area is 145 Å². The summed E-state index contributed by atoms with van der Waals surface area (Å²) in [5, 5.41) is 6.98. The molecule has 1 aromatic carbocycles. The molecule has 0 unspecified atom stereocenters. The van der Waals surface area contributed by atoms with Gasteiger partial charge in [0.25, 0.3) is 5.91 Å². The Kier molecular flexibility index (Phi) is 4.62. The summed E-state index contributed by atoms with van der Waals surface area (Å²) in [5.41, 5.74) is 3.45. The van der Waals surface area contributed by atoms with E-state index in [1.165, 1.54) is 6.20 Å². The lowest BCUT2D eigenvalue weighted by molar-refractivity contribution is -0.119. The molecule has 24 heavy (non-hydrogen) atoms. The predicted molar refractivity (Wildman–Crippen MR) is 95.0 cm³/mol. The van der Waals surface area contributed by atoms with E-state index in [1.54, 1.807) is 34.6 Å². The third-order valence-corrected chi connectivity index (χ3v) is 5.05. The Hall–Kier alpha value is -2.28. The van der Waals surface area contributed by atoms with E-state index in [4.69, 9.17) is 0 Å². The van der Waals surface area contributed by atoms with Gasteiger partial charge in [-0.05, 0) is 25.5 Å². The number of hydrogen-bond donors (Lipinski definition) is 1. The zero-order chi connectivity index (χ0) is 17.3. The lowest BCUT2D eigenvalue weighted by Gasteiger charge is -2.23. The first-order valence-electron chi connectivity index (χ1n) is 7.71. The standard InChI is InChI=1S/C17H20N4O2S/c1-11-4-5-14(12(2)6-11)19-16(22)15-9-24-10-21(15)17(23)13-7-18-20(3)8-13/h4-8,15H,9-10H2,1-3H3,(H,19,22)/t15-/m1/s1. The predicted octanol–water partition coefficient (Wildman–Crippen LogP) is 2.19. The van der Waals surface area contributed by atoms with Crippen LogP contribution in [0.25, 0.3) is 0 Å². The van der Waals surface area contributed by atoms with E-state index in [9.17, 15) is 9.59 Å². The molecule has 2 amide bonds. The second-order valence-corrected chi connectivity index (χ2v) is 7.00. The van der Waals surface area contributed by atoms with E-state index < -0.39 is 6.04 Å². The van der Waals surface area contributed by atoms with Crippen LogP contribution in [0.4, 0.5) is 5.69 Å². The topological polar surface area (TPSA) is 67.2 Å². The van der Waals surface area contributed by atoms with Gasteiger partial charge in [-0.25, -0.2) is 0 Å². The lowest BCUT2D eigenvalue weighted by Crippen LogP contribution is -2.44. The summed E-state index contributed by atoms with van der Waals surface area (Å²) in [6.07, 6.45) is 3.20. The van der Waals surface area contributed by atoms with Crippen LogP contribution in [0.1, 0.15) is 21.5 Å². The molecule has 1 aliphatic heterocycles. The van der Waals surface area contributed by atoms with Gasteiger partial charge >= 0.3 is 0 Å². The van der Waals surface area contributed by atoms with Gasteiger partial charge in [0.05, 0.1) is 17.6 Å². The number of nitrogens with one attached hydrogen (secondary N) is 1. The van der Waals surface area contributed by atoms with Crippen LogP contribution < -0.4 is 5.32 Å². The zero-order valence-corrected chi connectivity index (χ0v) is 14.8. The Morgan fingerprint density at radius 2 is 2.12 bits per heavy atom. The number of amides is 2. The number of anilines is 1. The summed E-state index contributed by atoms with van der Waals surface area (Å²) in [7, 11) is 1.76. The van der Waals surface area contributed by atoms with E-state index in [0.29, 0.717) is 17.2 Å². The van der Waals surface area contributed by atoms with Crippen molar-refractivity contribution in [3.8, 4) is 0 Å². The van der Waals surface area contributed by atoms with Crippen molar-refractivity contribution in [1.82, 2.24) is 14.7 Å². The average molecular weight is 344 g/mol. The molecule has 2 aromatic rings. The van der Waals surface area contributed by atoms with Gasteiger partial charge in [0.1, 0.15) is 6.04 Å². The summed E-state index contributed by atoms with van der Waals surface area (Å²) in [6, 6.07) is 5.42. The monoisotopic (exact) mass is 344 g/mol. The zero-order valence-electron chi connectivity index (χ0n) is 13.9. The summed E-state index contributed by atoms with van der Waals surface area (Å²) in [4.78, 5) is 26.9. The number of carbonyl (C=O) groups excluding carboxylic acids is 2. The van der Waals surface area contributed by atoms with Gasteiger partial charge in [-0.2, -0.15) is 5.10 Å². The second-order valence-electron chi connectivity index (χ2n) is 6.00. The number of aromatic nitrogens is 2. The molecule has 3 rings (SSSR count). The van der Waals surface area contributed by atoms with E-state index >= 15 is 0 Å². The number of carbonyl (C=O) groups is 2. The van der Waals surface area contributed by atoms with Crippen molar-refractivity contribution in [2.75, 3.05) is 16.9 Å². The molecule has 2 heterocycles. The summed E-state index contributed by atoms with van der Waals surface area (Å²) < 4.78 is 1.58. The fourth-order valence-electron chi connectivity index (χ4n) is 2.73. The Bertz CT molecular complexity index is 787. The van der Waals surface area contributed by atoms with Crippen LogP contribution in [0.3, 0.4) is 0 Å². The SMILES string of the molecule is Cc1ccc(NC(=O)[C@H]2CSCN2C(=O)c2cnn(C)c2)c(C)c1. The molecule has 6 nitrogen and oxygen atoms in total. The Morgan fingerprint density at radius 1 is 1.33 bits per heavy atom. The number of rotatable bonds is 3. The molecule has 1 N–H and O–H groups in total. The quantitative estimate of drug-likeness (QED) is 0.927. The van der Waals surface area contributed by atoms with Gasteiger partial charge in [-0.1, -0.05) is 17.7 Å². The van der Waals surface area contributed by atoms with Crippen molar-refractivity contribution in [2.45, 2.75) is 19.9 Å². The van der Waals surface area contributed by atoms with Crippen molar-refractivity contribution in [1.29, 1.82) is 0 Å². The van der Waals surface area contributed by atoms with E-state index in [1.807, 2.05) is 32.0 Å². The summed E-state index contributed by atoms with van der Waals surface area (Å²) in [6.45, 7) is 3.98. The highest BCUT2D eigenvalue weighted by Gasteiger charge is 2.35. The van der Waals surface area contributed by atoms with Gasteiger partial charge in [0.15, 0.2) is 0 Å². The van der Waals surface area contributed by atoms with Gasteiger partial charge < -0.3 is 10.2 Å². The largest absolute Gasteiger partial charge is 0.324 e. The van der Waals surface area contributed by atoms with Gasteiger partial charge in [-0.3, -0.25) is 14.3 Å². The molecule has 1 fully saturated rings. The van der Waals surface area contributed by atoms with Crippen LogP contribution in [-0.4, -0.2) is 44.2 Å². The molecule has 0 saturated carbocycles. The molecule has 0 radical (unpaired) electrons. The first kappa shape index (κ1) is 16.6. The highest BCUT2D eigenvalue weighted by atomic mass is 32.2. The highest BCUT2D eigenvalue weighted by molar-refractivity contribution is 7.99. The Balaban J connectivity index is 1.75. The minimum absolute atomic E-state index is 0.149. The van der Waals surface area contributed by atoms with Crippen molar-refractivity contribution >= 4 is 29.3 Å². The fraction of sp³-hybridized carbons (Fsp3) is 0.353. The fourth-order valence-corrected chi connectivity index (χ4v) is 3.88. The van der Waals surface area contributed by atoms with Crippen LogP contribution in [0, 0.1) is 13.8 Å². The van der Waals surface area contributed by atoms with Crippen molar-refractivity contribution in [2.24, 2.45) is 7.05 Å². The molecular formula is C17H20N4O2S. The Morgan fingerprint density at radius 3 is 2.79 bits per heavy atom. The lowest BCUT2D eigenvalue weighted by atomic mass is 10.1. The van der Waals surface area contributed by atoms with E-state index in [0.717, 1.165) is 16.8 Å². The minimum atomic E-state index is -0.469. The second kappa shape index (κ2) is 6.68. The molecule has 1 aromatic heterocycles. The maximum Gasteiger partial charge on any atom is 0.258 e.